The van der Waals surface area contributed by atoms with Gasteiger partial charge in [0.1, 0.15) is 5.82 Å². The van der Waals surface area contributed by atoms with Gasteiger partial charge in [-0.3, -0.25) is 0 Å². The number of nitrogens with zero attached hydrogens (tertiary/aromatic N) is 1. The third kappa shape index (κ3) is 3.37. The molecule has 0 aromatic carbocycles. The summed E-state index contributed by atoms with van der Waals surface area (Å²) in [6.07, 6.45) is 3.78. The maximum absolute atomic E-state index is 9.21. The number of halogens is 1. The molecule has 5 heteroatoms. The lowest BCUT2D eigenvalue weighted by Gasteiger charge is -2.22. The van der Waals surface area contributed by atoms with Crippen LogP contribution in [0.5, 0.6) is 0 Å². The molecule has 0 radical (unpaired) electrons. The number of hydrogen-bond donors (Lipinski definition) is 2. The molecule has 2 atom stereocenters. The molecule has 2 N–H and O–H groups in total. The first-order valence-electron chi connectivity index (χ1n) is 5.11. The predicted molar refractivity (Wildman–Crippen MR) is 74.1 cm³/mol. The third-order valence-corrected chi connectivity index (χ3v) is 4.65. The zero-order valence-electron chi connectivity index (χ0n) is 9.70. The SMILES string of the molecule is CSC(CO)C(C)Nc1nccc(C)c1Br. The van der Waals surface area contributed by atoms with Gasteiger partial charge >= 0.3 is 0 Å². The largest absolute Gasteiger partial charge is 0.395 e. The molecule has 1 aromatic heterocycles. The second kappa shape index (κ2) is 6.47. The van der Waals surface area contributed by atoms with Crippen LogP contribution in [0.4, 0.5) is 5.82 Å². The second-order valence-corrected chi connectivity index (χ2v) is 5.55. The minimum atomic E-state index is 0.165. The van der Waals surface area contributed by atoms with Crippen molar-refractivity contribution in [3.8, 4) is 0 Å². The van der Waals surface area contributed by atoms with E-state index in [1.165, 1.54) is 0 Å². The third-order valence-electron chi connectivity index (χ3n) is 2.49. The van der Waals surface area contributed by atoms with E-state index >= 15 is 0 Å². The standard InChI is InChI=1S/C11H17BrN2OS/c1-7-4-5-13-11(10(7)12)14-8(2)9(6-15)16-3/h4-5,8-9,15H,6H2,1-3H3,(H,13,14). The maximum Gasteiger partial charge on any atom is 0.140 e. The number of nitrogens with one attached hydrogen (secondary N) is 1. The lowest BCUT2D eigenvalue weighted by Crippen LogP contribution is -2.31. The fourth-order valence-corrected chi connectivity index (χ4v) is 2.36. The fourth-order valence-electron chi connectivity index (χ4n) is 1.39. The minimum absolute atomic E-state index is 0.165. The van der Waals surface area contributed by atoms with Crippen LogP contribution in [0.25, 0.3) is 0 Å². The van der Waals surface area contributed by atoms with Crippen molar-refractivity contribution in [3.05, 3.63) is 22.3 Å². The molecule has 1 aromatic rings. The van der Waals surface area contributed by atoms with E-state index in [1.54, 1.807) is 18.0 Å². The molecule has 1 heterocycles. The van der Waals surface area contributed by atoms with Crippen LogP contribution in [-0.2, 0) is 0 Å². The summed E-state index contributed by atoms with van der Waals surface area (Å²) in [7, 11) is 0. The smallest absolute Gasteiger partial charge is 0.140 e. The molecule has 3 nitrogen and oxygen atoms in total. The van der Waals surface area contributed by atoms with Crippen molar-refractivity contribution < 1.29 is 5.11 Å². The highest BCUT2D eigenvalue weighted by Crippen LogP contribution is 2.25. The van der Waals surface area contributed by atoms with Crippen LogP contribution < -0.4 is 5.32 Å². The fraction of sp³-hybridized carbons (Fsp3) is 0.545. The first kappa shape index (κ1) is 13.8. The first-order chi connectivity index (χ1) is 7.60. The normalized spacial score (nSPS) is 14.6. The summed E-state index contributed by atoms with van der Waals surface area (Å²) in [5.41, 5.74) is 1.15. The molecule has 0 spiro atoms. The van der Waals surface area contributed by atoms with Gasteiger partial charge in [0, 0.05) is 17.5 Å². The summed E-state index contributed by atoms with van der Waals surface area (Å²) in [5.74, 6) is 0.833. The highest BCUT2D eigenvalue weighted by Gasteiger charge is 2.16. The van der Waals surface area contributed by atoms with Crippen molar-refractivity contribution in [2.75, 3.05) is 18.2 Å². The molecular formula is C11H17BrN2OS. The summed E-state index contributed by atoms with van der Waals surface area (Å²) < 4.78 is 0.986. The quantitative estimate of drug-likeness (QED) is 0.878. The number of pyridine rings is 1. The number of aliphatic hydroxyl groups is 1. The van der Waals surface area contributed by atoms with Gasteiger partial charge in [-0.1, -0.05) is 0 Å². The van der Waals surface area contributed by atoms with Gasteiger partial charge in [-0.05, 0) is 47.7 Å². The molecule has 2 unspecified atom stereocenters. The van der Waals surface area contributed by atoms with Gasteiger partial charge < -0.3 is 10.4 Å². The minimum Gasteiger partial charge on any atom is -0.395 e. The molecule has 1 rings (SSSR count). The summed E-state index contributed by atoms with van der Waals surface area (Å²) in [6, 6.07) is 2.13. The van der Waals surface area contributed by atoms with Crippen molar-refractivity contribution >= 4 is 33.5 Å². The van der Waals surface area contributed by atoms with Crippen LogP contribution >= 0.6 is 27.7 Å². The van der Waals surface area contributed by atoms with Crippen molar-refractivity contribution in [2.45, 2.75) is 25.1 Å². The Labute approximate surface area is 109 Å². The molecule has 0 fully saturated rings. The number of aryl methyl sites for hydroxylation is 1. The number of aromatic nitrogens is 1. The molecular weight excluding hydrogens is 288 g/mol. The van der Waals surface area contributed by atoms with E-state index < -0.39 is 0 Å². The van der Waals surface area contributed by atoms with E-state index in [9.17, 15) is 5.11 Å². The molecule has 0 saturated carbocycles. The van der Waals surface area contributed by atoms with E-state index in [0.717, 1.165) is 15.9 Å². The average Bonchev–Trinajstić information content (AvgIpc) is 2.26. The van der Waals surface area contributed by atoms with Gasteiger partial charge in [-0.15, -0.1) is 0 Å². The predicted octanol–water partition coefficient (Wildman–Crippen LogP) is 2.68. The Morgan fingerprint density at radius 1 is 1.62 bits per heavy atom. The molecule has 0 saturated heterocycles. The highest BCUT2D eigenvalue weighted by molar-refractivity contribution is 9.10. The van der Waals surface area contributed by atoms with Crippen LogP contribution in [0, 0.1) is 6.92 Å². The van der Waals surface area contributed by atoms with Crippen molar-refractivity contribution in [2.24, 2.45) is 0 Å². The number of thioether (sulfide) groups is 1. The molecule has 0 aliphatic rings. The van der Waals surface area contributed by atoms with Crippen LogP contribution in [0.2, 0.25) is 0 Å². The van der Waals surface area contributed by atoms with E-state index in [-0.39, 0.29) is 17.9 Å². The Hall–Kier alpha value is -0.260. The number of rotatable bonds is 5. The Morgan fingerprint density at radius 2 is 2.31 bits per heavy atom. The topological polar surface area (TPSA) is 45.1 Å². The van der Waals surface area contributed by atoms with E-state index in [2.05, 4.69) is 26.2 Å². The monoisotopic (exact) mass is 304 g/mol. The Morgan fingerprint density at radius 3 is 2.88 bits per heavy atom. The molecule has 90 valence electrons. The Bertz CT molecular complexity index is 345. The van der Waals surface area contributed by atoms with Crippen LogP contribution in [0.1, 0.15) is 12.5 Å². The summed E-state index contributed by atoms with van der Waals surface area (Å²) in [5, 5.41) is 12.7. The van der Waals surface area contributed by atoms with E-state index in [0.29, 0.717) is 0 Å². The van der Waals surface area contributed by atoms with Crippen molar-refractivity contribution in [1.82, 2.24) is 4.98 Å². The van der Waals surface area contributed by atoms with Gasteiger partial charge in [-0.2, -0.15) is 11.8 Å². The molecule has 0 amide bonds. The van der Waals surface area contributed by atoms with Crippen LogP contribution in [0.15, 0.2) is 16.7 Å². The van der Waals surface area contributed by atoms with Crippen molar-refractivity contribution in [1.29, 1.82) is 0 Å². The molecule has 0 aliphatic heterocycles. The summed E-state index contributed by atoms with van der Waals surface area (Å²) >= 11 is 5.16. The second-order valence-electron chi connectivity index (χ2n) is 3.68. The molecule has 0 aliphatic carbocycles. The average molecular weight is 305 g/mol. The van der Waals surface area contributed by atoms with Gasteiger partial charge in [0.15, 0.2) is 0 Å². The Balaban J connectivity index is 2.76. The summed E-state index contributed by atoms with van der Waals surface area (Å²) in [6.45, 7) is 4.24. The van der Waals surface area contributed by atoms with Gasteiger partial charge in [-0.25, -0.2) is 4.98 Å². The van der Waals surface area contributed by atoms with Crippen LogP contribution in [-0.4, -0.2) is 34.2 Å². The van der Waals surface area contributed by atoms with Crippen LogP contribution in [0.3, 0.4) is 0 Å². The highest BCUT2D eigenvalue weighted by atomic mass is 79.9. The summed E-state index contributed by atoms with van der Waals surface area (Å²) in [4.78, 5) is 4.28. The molecule has 16 heavy (non-hydrogen) atoms. The van der Waals surface area contributed by atoms with Gasteiger partial charge in [0.05, 0.1) is 11.1 Å². The van der Waals surface area contributed by atoms with Gasteiger partial charge in [0.2, 0.25) is 0 Å². The zero-order chi connectivity index (χ0) is 12.1. The van der Waals surface area contributed by atoms with Gasteiger partial charge in [0.25, 0.3) is 0 Å². The first-order valence-corrected chi connectivity index (χ1v) is 7.19. The van der Waals surface area contributed by atoms with Crippen molar-refractivity contribution in [3.63, 3.8) is 0 Å². The van der Waals surface area contributed by atoms with E-state index in [4.69, 9.17) is 0 Å². The maximum atomic E-state index is 9.21. The Kier molecular flexibility index (Phi) is 5.58. The number of aliphatic hydroxyl groups excluding tert-OH is 1. The lowest BCUT2D eigenvalue weighted by molar-refractivity contribution is 0.288. The molecule has 0 bridgehead atoms. The van der Waals surface area contributed by atoms with E-state index in [1.807, 2.05) is 26.2 Å². The zero-order valence-corrected chi connectivity index (χ0v) is 12.1. The number of anilines is 1. The number of hydrogen-bond acceptors (Lipinski definition) is 4. The lowest BCUT2D eigenvalue weighted by atomic mass is 10.2.